The van der Waals surface area contributed by atoms with Crippen molar-refractivity contribution >= 4 is 11.6 Å². The van der Waals surface area contributed by atoms with Gasteiger partial charge < -0.3 is 5.32 Å². The van der Waals surface area contributed by atoms with Crippen LogP contribution in [-0.2, 0) is 6.18 Å². The molecule has 0 saturated heterocycles. The molecule has 0 aromatic carbocycles. The van der Waals surface area contributed by atoms with E-state index in [9.17, 15) is 18.0 Å². The van der Waals surface area contributed by atoms with Gasteiger partial charge in [-0.1, -0.05) is 13.8 Å². The molecular weight excluding hydrogens is 297 g/mol. The average molecular weight is 310 g/mol. The van der Waals surface area contributed by atoms with Gasteiger partial charge >= 0.3 is 6.18 Å². The molecule has 116 valence electrons. The highest BCUT2D eigenvalue weighted by atomic mass is 19.4. The van der Waals surface area contributed by atoms with E-state index >= 15 is 0 Å². The van der Waals surface area contributed by atoms with Gasteiger partial charge in [-0.15, -0.1) is 0 Å². The number of carbonyl (C=O) groups excluding carboxylic acids is 1. The van der Waals surface area contributed by atoms with Gasteiger partial charge in [0.25, 0.3) is 5.91 Å². The highest BCUT2D eigenvalue weighted by Crippen LogP contribution is 2.31. The summed E-state index contributed by atoms with van der Waals surface area (Å²) in [6.45, 7) is 3.81. The van der Waals surface area contributed by atoms with E-state index in [-0.39, 0.29) is 11.6 Å². The molecule has 0 aliphatic carbocycles. The third-order valence-electron chi connectivity index (χ3n) is 2.82. The second-order valence-electron chi connectivity index (χ2n) is 4.86. The highest BCUT2D eigenvalue weighted by Gasteiger charge is 2.35. The van der Waals surface area contributed by atoms with E-state index in [1.807, 2.05) is 13.8 Å². The van der Waals surface area contributed by atoms with Gasteiger partial charge in [-0.25, -0.2) is 9.97 Å². The number of nitrogens with one attached hydrogen (secondary N) is 1. The largest absolute Gasteiger partial charge is 0.418 e. The summed E-state index contributed by atoms with van der Waals surface area (Å²) in [6.07, 6.45) is -0.196. The lowest BCUT2D eigenvalue weighted by Crippen LogP contribution is -2.19. The first-order valence-electron chi connectivity index (χ1n) is 6.43. The minimum atomic E-state index is -4.65. The van der Waals surface area contributed by atoms with Gasteiger partial charge in [-0.3, -0.25) is 9.78 Å². The lowest BCUT2D eigenvalue weighted by molar-refractivity contribution is -0.138. The van der Waals surface area contributed by atoms with Crippen molar-refractivity contribution in [2.75, 3.05) is 5.32 Å². The Hall–Kier alpha value is -2.51. The molecule has 2 heterocycles. The number of amides is 1. The highest BCUT2D eigenvalue weighted by molar-refractivity contribution is 6.05. The normalized spacial score (nSPS) is 11.5. The van der Waals surface area contributed by atoms with Gasteiger partial charge in [-0.05, 0) is 6.07 Å². The molecule has 2 rings (SSSR count). The third-order valence-corrected chi connectivity index (χ3v) is 2.82. The predicted octanol–water partition coefficient (Wildman–Crippen LogP) is 3.27. The zero-order valence-corrected chi connectivity index (χ0v) is 11.8. The van der Waals surface area contributed by atoms with E-state index < -0.39 is 23.2 Å². The number of rotatable bonds is 3. The Morgan fingerprint density at radius 1 is 1.18 bits per heavy atom. The maximum atomic E-state index is 12.8. The van der Waals surface area contributed by atoms with E-state index in [1.165, 1.54) is 12.4 Å². The van der Waals surface area contributed by atoms with Crippen molar-refractivity contribution in [2.24, 2.45) is 0 Å². The third kappa shape index (κ3) is 3.57. The van der Waals surface area contributed by atoms with Crippen molar-refractivity contribution < 1.29 is 18.0 Å². The standard InChI is InChI=1S/C14H13F3N4O/c1-8(2)12-19-5-9(6-20-12)21-13(22)10-3-4-18-7-11(10)14(15,16)17/h3-8H,1-2H3,(H,21,22). The zero-order valence-electron chi connectivity index (χ0n) is 11.8. The topological polar surface area (TPSA) is 67.8 Å². The predicted molar refractivity (Wildman–Crippen MR) is 73.3 cm³/mol. The van der Waals surface area contributed by atoms with Gasteiger partial charge in [0.15, 0.2) is 0 Å². The summed E-state index contributed by atoms with van der Waals surface area (Å²) in [4.78, 5) is 23.5. The molecular formula is C14H13F3N4O. The molecule has 5 nitrogen and oxygen atoms in total. The number of nitrogens with zero attached hydrogens (tertiary/aromatic N) is 3. The number of alkyl halides is 3. The minimum absolute atomic E-state index is 0.113. The molecule has 0 saturated carbocycles. The van der Waals surface area contributed by atoms with Gasteiger partial charge in [0.05, 0.1) is 29.2 Å². The summed E-state index contributed by atoms with van der Waals surface area (Å²) < 4.78 is 38.5. The number of hydrogen-bond donors (Lipinski definition) is 1. The van der Waals surface area contributed by atoms with Crippen molar-refractivity contribution in [3.8, 4) is 0 Å². The monoisotopic (exact) mass is 310 g/mol. The van der Waals surface area contributed by atoms with Crippen molar-refractivity contribution in [1.82, 2.24) is 15.0 Å². The molecule has 0 unspecified atom stereocenters. The molecule has 0 radical (unpaired) electrons. The number of aromatic nitrogens is 3. The van der Waals surface area contributed by atoms with Crippen LogP contribution in [0.2, 0.25) is 0 Å². The van der Waals surface area contributed by atoms with E-state index in [0.717, 1.165) is 12.3 Å². The van der Waals surface area contributed by atoms with E-state index in [1.54, 1.807) is 0 Å². The van der Waals surface area contributed by atoms with E-state index in [0.29, 0.717) is 12.0 Å². The second kappa shape index (κ2) is 6.08. The average Bonchev–Trinajstić information content (AvgIpc) is 2.47. The van der Waals surface area contributed by atoms with Gasteiger partial charge in [-0.2, -0.15) is 13.2 Å². The molecule has 2 aromatic heterocycles. The molecule has 22 heavy (non-hydrogen) atoms. The molecule has 8 heteroatoms. The number of pyridine rings is 1. The summed E-state index contributed by atoms with van der Waals surface area (Å²) >= 11 is 0. The van der Waals surface area contributed by atoms with Gasteiger partial charge in [0.2, 0.25) is 0 Å². The Balaban J connectivity index is 2.23. The van der Waals surface area contributed by atoms with Gasteiger partial charge in [0, 0.05) is 18.3 Å². The van der Waals surface area contributed by atoms with Crippen LogP contribution >= 0.6 is 0 Å². The summed E-state index contributed by atoms with van der Waals surface area (Å²) in [7, 11) is 0. The lowest BCUT2D eigenvalue weighted by Gasteiger charge is -2.12. The minimum Gasteiger partial charge on any atom is -0.319 e. The van der Waals surface area contributed by atoms with Crippen LogP contribution in [0.4, 0.5) is 18.9 Å². The first-order valence-corrected chi connectivity index (χ1v) is 6.43. The van der Waals surface area contributed by atoms with Crippen LogP contribution in [0.15, 0.2) is 30.9 Å². The van der Waals surface area contributed by atoms with Crippen LogP contribution in [0, 0.1) is 0 Å². The molecule has 0 aliphatic heterocycles. The number of hydrogen-bond acceptors (Lipinski definition) is 4. The lowest BCUT2D eigenvalue weighted by atomic mass is 10.1. The van der Waals surface area contributed by atoms with Crippen LogP contribution in [-0.4, -0.2) is 20.9 Å². The summed E-state index contributed by atoms with van der Waals surface area (Å²) in [6, 6.07) is 1.02. The number of halogens is 3. The van der Waals surface area contributed by atoms with Crippen molar-refractivity contribution in [3.63, 3.8) is 0 Å². The molecule has 0 atom stereocenters. The Labute approximate surface area is 124 Å². The van der Waals surface area contributed by atoms with Gasteiger partial charge in [0.1, 0.15) is 5.82 Å². The zero-order chi connectivity index (χ0) is 16.3. The Morgan fingerprint density at radius 2 is 1.82 bits per heavy atom. The summed E-state index contributed by atoms with van der Waals surface area (Å²) in [5, 5.41) is 2.35. The molecule has 2 aromatic rings. The van der Waals surface area contributed by atoms with Crippen molar-refractivity contribution in [3.05, 3.63) is 47.8 Å². The fourth-order valence-electron chi connectivity index (χ4n) is 1.72. The maximum absolute atomic E-state index is 12.8. The van der Waals surface area contributed by atoms with Crippen molar-refractivity contribution in [1.29, 1.82) is 0 Å². The summed E-state index contributed by atoms with van der Waals surface area (Å²) in [5.74, 6) is -0.199. The molecule has 0 fully saturated rings. The quantitative estimate of drug-likeness (QED) is 0.945. The van der Waals surface area contributed by atoms with Crippen LogP contribution in [0.1, 0.15) is 41.5 Å². The Morgan fingerprint density at radius 3 is 2.36 bits per heavy atom. The van der Waals surface area contributed by atoms with Crippen LogP contribution in [0.25, 0.3) is 0 Å². The molecule has 0 spiro atoms. The first kappa shape index (κ1) is 15.9. The van der Waals surface area contributed by atoms with Crippen LogP contribution < -0.4 is 5.32 Å². The molecule has 1 amide bonds. The second-order valence-corrected chi connectivity index (χ2v) is 4.86. The first-order chi connectivity index (χ1) is 10.3. The smallest absolute Gasteiger partial charge is 0.319 e. The Kier molecular flexibility index (Phi) is 4.39. The van der Waals surface area contributed by atoms with Crippen LogP contribution in [0.3, 0.4) is 0 Å². The van der Waals surface area contributed by atoms with Crippen LogP contribution in [0.5, 0.6) is 0 Å². The SMILES string of the molecule is CC(C)c1ncc(NC(=O)c2ccncc2C(F)(F)F)cn1. The maximum Gasteiger partial charge on any atom is 0.418 e. The summed E-state index contributed by atoms with van der Waals surface area (Å²) in [5.41, 5.74) is -1.37. The fourth-order valence-corrected chi connectivity index (χ4v) is 1.72. The number of anilines is 1. The molecule has 0 aliphatic rings. The van der Waals surface area contributed by atoms with E-state index in [2.05, 4.69) is 20.3 Å². The molecule has 1 N–H and O–H groups in total. The van der Waals surface area contributed by atoms with Crippen molar-refractivity contribution in [2.45, 2.75) is 25.9 Å². The fraction of sp³-hybridized carbons (Fsp3) is 0.286. The Bertz CT molecular complexity index is 669. The number of carbonyl (C=O) groups is 1. The molecule has 0 bridgehead atoms. The van der Waals surface area contributed by atoms with E-state index in [4.69, 9.17) is 0 Å².